The van der Waals surface area contributed by atoms with Crippen LogP contribution in [0.15, 0.2) is 30.6 Å². The Morgan fingerprint density at radius 1 is 1.25 bits per heavy atom. The summed E-state index contributed by atoms with van der Waals surface area (Å²) >= 11 is 0. The molecule has 20 heavy (non-hydrogen) atoms. The topological polar surface area (TPSA) is 69.6 Å². The van der Waals surface area contributed by atoms with Gasteiger partial charge in [-0.05, 0) is 37.6 Å². The Hall–Kier alpha value is -2.27. The average molecular weight is 267 g/mol. The standard InChI is InChI=1S/C15H17N5/c1-10-13-11(6-7-16)9-20(2)15(13)19-14(18-10)12-5-3-4-8-17-12/h3-5,8-9H,6-7,16H2,1-2H3. The molecule has 3 aromatic heterocycles. The second-order valence-electron chi connectivity index (χ2n) is 4.85. The van der Waals surface area contributed by atoms with E-state index in [9.17, 15) is 0 Å². The lowest BCUT2D eigenvalue weighted by atomic mass is 10.1. The minimum Gasteiger partial charge on any atom is -0.335 e. The lowest BCUT2D eigenvalue weighted by Crippen LogP contribution is -2.03. The van der Waals surface area contributed by atoms with Gasteiger partial charge in [-0.15, -0.1) is 0 Å². The number of nitrogens with two attached hydrogens (primary N) is 1. The van der Waals surface area contributed by atoms with E-state index in [1.165, 1.54) is 5.56 Å². The summed E-state index contributed by atoms with van der Waals surface area (Å²) in [6, 6.07) is 5.75. The van der Waals surface area contributed by atoms with Gasteiger partial charge in [0.15, 0.2) is 5.82 Å². The first-order valence-electron chi connectivity index (χ1n) is 6.64. The smallest absolute Gasteiger partial charge is 0.180 e. The Morgan fingerprint density at radius 2 is 2.10 bits per heavy atom. The van der Waals surface area contributed by atoms with Gasteiger partial charge in [0.25, 0.3) is 0 Å². The van der Waals surface area contributed by atoms with Crippen LogP contribution in [0, 0.1) is 6.92 Å². The number of aromatic nitrogens is 4. The summed E-state index contributed by atoms with van der Waals surface area (Å²) < 4.78 is 2.03. The van der Waals surface area contributed by atoms with E-state index in [1.54, 1.807) is 6.20 Å². The van der Waals surface area contributed by atoms with E-state index in [0.717, 1.165) is 28.8 Å². The maximum absolute atomic E-state index is 5.67. The molecule has 0 unspecified atom stereocenters. The van der Waals surface area contributed by atoms with Gasteiger partial charge in [-0.3, -0.25) is 4.98 Å². The molecule has 0 aliphatic heterocycles. The number of aryl methyl sites for hydroxylation is 2. The Balaban J connectivity index is 2.22. The molecule has 0 bridgehead atoms. The van der Waals surface area contributed by atoms with Crippen molar-refractivity contribution >= 4 is 11.0 Å². The number of nitrogens with zero attached hydrogens (tertiary/aromatic N) is 4. The van der Waals surface area contributed by atoms with Crippen molar-refractivity contribution < 1.29 is 0 Å². The average Bonchev–Trinajstić information content (AvgIpc) is 2.77. The minimum atomic E-state index is 0.626. The summed E-state index contributed by atoms with van der Waals surface area (Å²) in [6.45, 7) is 2.64. The van der Waals surface area contributed by atoms with Crippen molar-refractivity contribution in [1.29, 1.82) is 0 Å². The number of fused-ring (bicyclic) bond motifs is 1. The quantitative estimate of drug-likeness (QED) is 0.786. The SMILES string of the molecule is Cc1nc(-c2ccccn2)nc2c1c(CCN)cn2C. The van der Waals surface area contributed by atoms with Crippen LogP contribution in [0.1, 0.15) is 11.3 Å². The van der Waals surface area contributed by atoms with Gasteiger partial charge in [-0.25, -0.2) is 9.97 Å². The molecular formula is C15H17N5. The Kier molecular flexibility index (Phi) is 3.20. The summed E-state index contributed by atoms with van der Waals surface area (Å²) in [5.74, 6) is 0.663. The van der Waals surface area contributed by atoms with Crippen LogP contribution in [-0.4, -0.2) is 26.1 Å². The van der Waals surface area contributed by atoms with Gasteiger partial charge < -0.3 is 10.3 Å². The third kappa shape index (κ3) is 2.06. The molecule has 0 aromatic carbocycles. The van der Waals surface area contributed by atoms with Crippen molar-refractivity contribution in [1.82, 2.24) is 19.5 Å². The predicted octanol–water partition coefficient (Wildman–Crippen LogP) is 1.84. The third-order valence-electron chi connectivity index (χ3n) is 3.38. The van der Waals surface area contributed by atoms with E-state index in [0.29, 0.717) is 12.4 Å². The highest BCUT2D eigenvalue weighted by Gasteiger charge is 2.14. The van der Waals surface area contributed by atoms with E-state index in [2.05, 4.69) is 21.1 Å². The van der Waals surface area contributed by atoms with Gasteiger partial charge >= 0.3 is 0 Å². The highest BCUT2D eigenvalue weighted by molar-refractivity contribution is 5.84. The van der Waals surface area contributed by atoms with Crippen LogP contribution in [0.2, 0.25) is 0 Å². The second-order valence-corrected chi connectivity index (χ2v) is 4.85. The molecule has 0 spiro atoms. The lowest BCUT2D eigenvalue weighted by Gasteiger charge is -2.04. The Bertz CT molecular complexity index is 746. The molecule has 2 N–H and O–H groups in total. The molecule has 3 heterocycles. The van der Waals surface area contributed by atoms with Crippen molar-refractivity contribution in [2.45, 2.75) is 13.3 Å². The molecule has 0 aliphatic carbocycles. The van der Waals surface area contributed by atoms with Crippen molar-refractivity contribution in [3.05, 3.63) is 41.9 Å². The molecule has 0 amide bonds. The van der Waals surface area contributed by atoms with Gasteiger partial charge in [0.2, 0.25) is 0 Å². The van der Waals surface area contributed by atoms with E-state index >= 15 is 0 Å². The third-order valence-corrected chi connectivity index (χ3v) is 3.38. The number of hydrogen-bond acceptors (Lipinski definition) is 4. The summed E-state index contributed by atoms with van der Waals surface area (Å²) in [5.41, 5.74) is 9.57. The lowest BCUT2D eigenvalue weighted by molar-refractivity contribution is 0.918. The first-order chi connectivity index (χ1) is 9.70. The molecule has 0 radical (unpaired) electrons. The molecule has 0 atom stereocenters. The summed E-state index contributed by atoms with van der Waals surface area (Å²) in [5, 5.41) is 1.11. The molecule has 3 aromatic rings. The summed E-state index contributed by atoms with van der Waals surface area (Å²) in [7, 11) is 2.00. The molecular weight excluding hydrogens is 250 g/mol. The van der Waals surface area contributed by atoms with Crippen LogP contribution >= 0.6 is 0 Å². The van der Waals surface area contributed by atoms with E-state index in [1.807, 2.05) is 36.7 Å². The number of rotatable bonds is 3. The zero-order valence-electron chi connectivity index (χ0n) is 11.7. The first kappa shape index (κ1) is 12.7. The highest BCUT2D eigenvalue weighted by atomic mass is 15.0. The fraction of sp³-hybridized carbons (Fsp3) is 0.267. The molecule has 5 heteroatoms. The largest absolute Gasteiger partial charge is 0.335 e. The van der Waals surface area contributed by atoms with Crippen molar-refractivity contribution in [3.8, 4) is 11.5 Å². The van der Waals surface area contributed by atoms with Crippen LogP contribution in [-0.2, 0) is 13.5 Å². The zero-order chi connectivity index (χ0) is 14.1. The van der Waals surface area contributed by atoms with Gasteiger partial charge in [-0.1, -0.05) is 6.07 Å². The summed E-state index contributed by atoms with van der Waals surface area (Å²) in [6.07, 6.45) is 4.68. The molecule has 0 fully saturated rings. The zero-order valence-corrected chi connectivity index (χ0v) is 11.7. The van der Waals surface area contributed by atoms with Crippen molar-refractivity contribution in [3.63, 3.8) is 0 Å². The normalized spacial score (nSPS) is 11.2. The van der Waals surface area contributed by atoms with Crippen LogP contribution in [0.25, 0.3) is 22.6 Å². The number of pyridine rings is 1. The fourth-order valence-electron chi connectivity index (χ4n) is 2.50. The Morgan fingerprint density at radius 3 is 2.80 bits per heavy atom. The van der Waals surface area contributed by atoms with Crippen LogP contribution in [0.4, 0.5) is 0 Å². The van der Waals surface area contributed by atoms with Crippen LogP contribution < -0.4 is 5.73 Å². The van der Waals surface area contributed by atoms with Gasteiger partial charge in [0, 0.05) is 24.8 Å². The maximum atomic E-state index is 5.67. The van der Waals surface area contributed by atoms with E-state index in [-0.39, 0.29) is 0 Å². The van der Waals surface area contributed by atoms with Crippen molar-refractivity contribution in [2.24, 2.45) is 12.8 Å². The van der Waals surface area contributed by atoms with E-state index in [4.69, 9.17) is 5.73 Å². The van der Waals surface area contributed by atoms with Gasteiger partial charge in [-0.2, -0.15) is 0 Å². The molecule has 102 valence electrons. The molecule has 3 rings (SSSR count). The summed E-state index contributed by atoms with van der Waals surface area (Å²) in [4.78, 5) is 13.6. The van der Waals surface area contributed by atoms with Gasteiger partial charge in [0.05, 0.1) is 5.69 Å². The van der Waals surface area contributed by atoms with Crippen molar-refractivity contribution in [2.75, 3.05) is 6.54 Å². The molecule has 0 saturated carbocycles. The molecule has 0 aliphatic rings. The van der Waals surface area contributed by atoms with Gasteiger partial charge in [0.1, 0.15) is 11.3 Å². The highest BCUT2D eigenvalue weighted by Crippen LogP contribution is 2.24. The molecule has 0 saturated heterocycles. The van der Waals surface area contributed by atoms with Crippen LogP contribution in [0.3, 0.4) is 0 Å². The van der Waals surface area contributed by atoms with Crippen LogP contribution in [0.5, 0.6) is 0 Å². The minimum absolute atomic E-state index is 0.626. The fourth-order valence-corrected chi connectivity index (χ4v) is 2.50. The second kappa shape index (κ2) is 5.02. The Labute approximate surface area is 117 Å². The maximum Gasteiger partial charge on any atom is 0.180 e. The number of hydrogen-bond donors (Lipinski definition) is 1. The predicted molar refractivity (Wildman–Crippen MR) is 79.2 cm³/mol. The molecule has 5 nitrogen and oxygen atoms in total. The first-order valence-corrected chi connectivity index (χ1v) is 6.64. The van der Waals surface area contributed by atoms with E-state index < -0.39 is 0 Å². The monoisotopic (exact) mass is 267 g/mol.